The molecule has 0 aliphatic rings. The fourth-order valence-electron chi connectivity index (χ4n) is 1.73. The topological polar surface area (TPSA) is 52.9 Å². The third kappa shape index (κ3) is 2.79. The maximum absolute atomic E-state index is 13.7. The minimum absolute atomic E-state index is 0.0385. The molecule has 0 unspecified atom stereocenters. The van der Waals surface area contributed by atoms with Crippen molar-refractivity contribution in [2.45, 2.75) is 6.92 Å². The number of anilines is 1. The zero-order chi connectivity index (χ0) is 14.7. The van der Waals surface area contributed by atoms with E-state index in [1.807, 2.05) is 6.07 Å². The van der Waals surface area contributed by atoms with E-state index in [0.29, 0.717) is 11.3 Å². The highest BCUT2D eigenvalue weighted by molar-refractivity contribution is 6.34. The monoisotopic (exact) mass is 288 g/mol. The Morgan fingerprint density at radius 1 is 1.35 bits per heavy atom. The lowest BCUT2D eigenvalue weighted by molar-refractivity contribution is 0.102. The molecule has 0 aliphatic carbocycles. The Bertz CT molecular complexity index is 702. The molecule has 1 amide bonds. The van der Waals surface area contributed by atoms with Gasteiger partial charge in [-0.1, -0.05) is 23.7 Å². The molecule has 2 rings (SSSR count). The van der Waals surface area contributed by atoms with Crippen molar-refractivity contribution in [1.82, 2.24) is 0 Å². The number of nitrogens with one attached hydrogen (secondary N) is 1. The van der Waals surface area contributed by atoms with Crippen molar-refractivity contribution in [3.8, 4) is 6.07 Å². The summed E-state index contributed by atoms with van der Waals surface area (Å²) in [6.45, 7) is 1.78. The molecular formula is C15H10ClFN2O. The van der Waals surface area contributed by atoms with Crippen LogP contribution in [-0.2, 0) is 0 Å². The van der Waals surface area contributed by atoms with Crippen molar-refractivity contribution < 1.29 is 9.18 Å². The Morgan fingerprint density at radius 2 is 2.10 bits per heavy atom. The summed E-state index contributed by atoms with van der Waals surface area (Å²) < 4.78 is 13.7. The smallest absolute Gasteiger partial charge is 0.260 e. The van der Waals surface area contributed by atoms with Crippen molar-refractivity contribution in [1.29, 1.82) is 5.26 Å². The second kappa shape index (κ2) is 5.72. The first-order valence-electron chi connectivity index (χ1n) is 5.79. The second-order valence-electron chi connectivity index (χ2n) is 4.19. The molecule has 0 saturated heterocycles. The molecular weight excluding hydrogens is 279 g/mol. The third-order valence-corrected chi connectivity index (χ3v) is 3.12. The fraction of sp³-hybridized carbons (Fsp3) is 0.0667. The highest BCUT2D eigenvalue weighted by atomic mass is 35.5. The summed E-state index contributed by atoms with van der Waals surface area (Å²) in [6.07, 6.45) is 0. The lowest BCUT2D eigenvalue weighted by Gasteiger charge is -2.10. The number of rotatable bonds is 2. The first kappa shape index (κ1) is 14.0. The molecule has 1 N–H and O–H groups in total. The van der Waals surface area contributed by atoms with Gasteiger partial charge in [0.05, 0.1) is 22.2 Å². The number of aryl methyl sites for hydroxylation is 1. The lowest BCUT2D eigenvalue weighted by atomic mass is 10.1. The highest BCUT2D eigenvalue weighted by Crippen LogP contribution is 2.22. The van der Waals surface area contributed by atoms with Crippen molar-refractivity contribution in [3.05, 3.63) is 63.9 Å². The quantitative estimate of drug-likeness (QED) is 0.911. The van der Waals surface area contributed by atoms with Gasteiger partial charge in [-0.15, -0.1) is 0 Å². The van der Waals surface area contributed by atoms with Crippen LogP contribution in [0.2, 0.25) is 5.02 Å². The molecule has 0 saturated carbocycles. The van der Waals surface area contributed by atoms with E-state index in [0.717, 1.165) is 5.56 Å². The molecule has 2 aromatic carbocycles. The molecule has 0 aromatic heterocycles. The van der Waals surface area contributed by atoms with Crippen molar-refractivity contribution in [2.75, 3.05) is 5.32 Å². The highest BCUT2D eigenvalue weighted by Gasteiger charge is 2.16. The predicted molar refractivity (Wildman–Crippen MR) is 75.3 cm³/mol. The molecule has 0 bridgehead atoms. The predicted octanol–water partition coefficient (Wildman–Crippen LogP) is 3.91. The summed E-state index contributed by atoms with van der Waals surface area (Å²) in [4.78, 5) is 12.1. The van der Waals surface area contributed by atoms with Gasteiger partial charge in [0.25, 0.3) is 5.91 Å². The van der Waals surface area contributed by atoms with E-state index < -0.39 is 11.7 Å². The van der Waals surface area contributed by atoms with Gasteiger partial charge < -0.3 is 5.32 Å². The summed E-state index contributed by atoms with van der Waals surface area (Å²) in [5.74, 6) is -1.34. The number of amides is 1. The Hall–Kier alpha value is -2.38. The summed E-state index contributed by atoms with van der Waals surface area (Å²) >= 11 is 5.84. The van der Waals surface area contributed by atoms with Crippen LogP contribution in [0.3, 0.4) is 0 Å². The van der Waals surface area contributed by atoms with E-state index in [2.05, 4.69) is 5.32 Å². The van der Waals surface area contributed by atoms with Gasteiger partial charge in [0.15, 0.2) is 0 Å². The van der Waals surface area contributed by atoms with Crippen molar-refractivity contribution in [3.63, 3.8) is 0 Å². The molecule has 5 heteroatoms. The van der Waals surface area contributed by atoms with Crippen LogP contribution in [0.15, 0.2) is 36.4 Å². The second-order valence-corrected chi connectivity index (χ2v) is 4.60. The number of carbonyl (C=O) groups excluding carboxylic acids is 1. The third-order valence-electron chi connectivity index (χ3n) is 2.80. The maximum atomic E-state index is 13.7. The number of nitrogens with zero attached hydrogens (tertiary/aromatic N) is 1. The molecule has 0 radical (unpaired) electrons. The Balaban J connectivity index is 2.36. The Labute approximate surface area is 120 Å². The molecule has 100 valence electrons. The SMILES string of the molecule is Cc1ccc(C#N)cc1NC(=O)c1c(F)cccc1Cl. The average Bonchev–Trinajstić information content (AvgIpc) is 2.41. The zero-order valence-corrected chi connectivity index (χ0v) is 11.3. The first-order valence-corrected chi connectivity index (χ1v) is 6.17. The number of halogens is 2. The van der Waals surface area contributed by atoms with Gasteiger partial charge in [-0.2, -0.15) is 5.26 Å². The number of benzene rings is 2. The Kier molecular flexibility index (Phi) is 4.02. The van der Waals surface area contributed by atoms with Crippen LogP contribution < -0.4 is 5.32 Å². The van der Waals surface area contributed by atoms with Crippen LogP contribution in [-0.4, -0.2) is 5.91 Å². The molecule has 20 heavy (non-hydrogen) atoms. The summed E-state index contributed by atoms with van der Waals surface area (Å²) in [7, 11) is 0. The minimum Gasteiger partial charge on any atom is -0.322 e. The van der Waals surface area contributed by atoms with Crippen molar-refractivity contribution >= 4 is 23.2 Å². The van der Waals surface area contributed by atoms with E-state index in [-0.39, 0.29) is 10.6 Å². The van der Waals surface area contributed by atoms with Crippen LogP contribution in [0.1, 0.15) is 21.5 Å². The summed E-state index contributed by atoms with van der Waals surface area (Å²) in [6, 6.07) is 10.9. The fourth-order valence-corrected chi connectivity index (χ4v) is 1.97. The van der Waals surface area contributed by atoms with Crippen LogP contribution in [0.5, 0.6) is 0 Å². The molecule has 2 aromatic rings. The van der Waals surface area contributed by atoms with Crippen LogP contribution in [0.4, 0.5) is 10.1 Å². The van der Waals surface area contributed by atoms with E-state index >= 15 is 0 Å². The van der Waals surface area contributed by atoms with Gasteiger partial charge in [-0.3, -0.25) is 4.79 Å². The molecule has 0 aliphatic heterocycles. The van der Waals surface area contributed by atoms with E-state index in [1.165, 1.54) is 24.3 Å². The van der Waals surface area contributed by atoms with Gasteiger partial charge in [-0.05, 0) is 36.8 Å². The minimum atomic E-state index is -0.691. The molecule has 0 spiro atoms. The number of hydrogen-bond donors (Lipinski definition) is 1. The largest absolute Gasteiger partial charge is 0.322 e. The maximum Gasteiger partial charge on any atom is 0.260 e. The molecule has 0 fully saturated rings. The number of carbonyl (C=O) groups is 1. The molecule has 3 nitrogen and oxygen atoms in total. The van der Waals surface area contributed by atoms with E-state index in [9.17, 15) is 9.18 Å². The lowest BCUT2D eigenvalue weighted by Crippen LogP contribution is -2.15. The number of nitriles is 1. The Morgan fingerprint density at radius 3 is 2.75 bits per heavy atom. The van der Waals surface area contributed by atoms with Gasteiger partial charge >= 0.3 is 0 Å². The van der Waals surface area contributed by atoms with Gasteiger partial charge in [0, 0.05) is 5.69 Å². The van der Waals surface area contributed by atoms with Gasteiger partial charge in [-0.25, -0.2) is 4.39 Å². The normalized spacial score (nSPS) is 9.90. The van der Waals surface area contributed by atoms with Crippen LogP contribution in [0, 0.1) is 24.1 Å². The summed E-state index contributed by atoms with van der Waals surface area (Å²) in [5.41, 5.74) is 1.42. The van der Waals surface area contributed by atoms with E-state index in [1.54, 1.807) is 19.1 Å². The zero-order valence-electron chi connectivity index (χ0n) is 10.6. The van der Waals surface area contributed by atoms with Gasteiger partial charge in [0.2, 0.25) is 0 Å². The average molecular weight is 289 g/mol. The standard InChI is InChI=1S/C15H10ClFN2O/c1-9-5-6-10(8-18)7-13(9)19-15(20)14-11(16)3-2-4-12(14)17/h2-7H,1H3,(H,19,20). The molecule has 0 atom stereocenters. The van der Waals surface area contributed by atoms with Gasteiger partial charge in [0.1, 0.15) is 5.82 Å². The first-order chi connectivity index (χ1) is 9.52. The molecule has 0 heterocycles. The number of hydrogen-bond acceptors (Lipinski definition) is 2. The van der Waals surface area contributed by atoms with Crippen LogP contribution in [0.25, 0.3) is 0 Å². The van der Waals surface area contributed by atoms with Crippen molar-refractivity contribution in [2.24, 2.45) is 0 Å². The van der Waals surface area contributed by atoms with E-state index in [4.69, 9.17) is 16.9 Å². The summed E-state index contributed by atoms with van der Waals surface area (Å²) in [5, 5.41) is 11.5. The van der Waals surface area contributed by atoms with Crippen LogP contribution >= 0.6 is 11.6 Å².